The van der Waals surface area contributed by atoms with Gasteiger partial charge in [0.05, 0.1) is 5.69 Å². The maximum atomic E-state index is 6.23. The second-order valence-electron chi connectivity index (χ2n) is 6.68. The molecular weight excluding hydrogens is 489 g/mol. The van der Waals surface area contributed by atoms with Crippen LogP contribution in [0, 0.1) is 0 Å². The standard InChI is InChI=1S/C20H28ClN5O.HI/c1-2-22-20(23-10-5-7-17-6-3-4-8-19(17)21)26-13-11-25(12-14-26)16-18-9-15-27-24-18;/h3-4,6,8-9,15H,2,5,7,10-14,16H2,1H3,(H,22,23);1H. The molecule has 0 aliphatic carbocycles. The van der Waals surface area contributed by atoms with Gasteiger partial charge in [-0.1, -0.05) is 35.0 Å². The number of hydrogen-bond acceptors (Lipinski definition) is 4. The Morgan fingerprint density at radius 2 is 2.00 bits per heavy atom. The largest absolute Gasteiger partial charge is 0.364 e. The van der Waals surface area contributed by atoms with Crippen LogP contribution < -0.4 is 5.32 Å². The van der Waals surface area contributed by atoms with Crippen molar-refractivity contribution in [2.45, 2.75) is 26.3 Å². The predicted octanol–water partition coefficient (Wildman–Crippen LogP) is 3.66. The number of guanidine groups is 1. The first-order valence-electron chi connectivity index (χ1n) is 9.64. The van der Waals surface area contributed by atoms with Crippen molar-refractivity contribution in [3.8, 4) is 0 Å². The number of aromatic nitrogens is 1. The molecule has 0 amide bonds. The highest BCUT2D eigenvalue weighted by Crippen LogP contribution is 2.16. The van der Waals surface area contributed by atoms with Crippen LogP contribution in [0.15, 0.2) is 46.1 Å². The molecule has 28 heavy (non-hydrogen) atoms. The van der Waals surface area contributed by atoms with Gasteiger partial charge in [-0.2, -0.15) is 0 Å². The molecule has 3 rings (SSSR count). The topological polar surface area (TPSA) is 56.9 Å². The molecule has 1 fully saturated rings. The first kappa shape index (κ1) is 23.0. The van der Waals surface area contributed by atoms with Gasteiger partial charge < -0.3 is 14.7 Å². The maximum absolute atomic E-state index is 6.23. The first-order valence-corrected chi connectivity index (χ1v) is 10.0. The van der Waals surface area contributed by atoms with E-state index < -0.39 is 0 Å². The van der Waals surface area contributed by atoms with Crippen LogP contribution in [0.4, 0.5) is 0 Å². The zero-order valence-electron chi connectivity index (χ0n) is 16.3. The lowest BCUT2D eigenvalue weighted by Gasteiger charge is -2.36. The van der Waals surface area contributed by atoms with E-state index in [4.69, 9.17) is 21.1 Å². The molecule has 0 bridgehead atoms. The van der Waals surface area contributed by atoms with Crippen LogP contribution in [0.2, 0.25) is 5.02 Å². The summed E-state index contributed by atoms with van der Waals surface area (Å²) in [7, 11) is 0. The Balaban J connectivity index is 0.00000280. The lowest BCUT2D eigenvalue weighted by molar-refractivity contribution is 0.169. The monoisotopic (exact) mass is 517 g/mol. The summed E-state index contributed by atoms with van der Waals surface area (Å²) in [4.78, 5) is 9.57. The highest BCUT2D eigenvalue weighted by molar-refractivity contribution is 14.0. The molecule has 6 nitrogen and oxygen atoms in total. The number of halogens is 2. The van der Waals surface area contributed by atoms with Crippen molar-refractivity contribution in [2.24, 2.45) is 4.99 Å². The third kappa shape index (κ3) is 6.93. The summed E-state index contributed by atoms with van der Waals surface area (Å²) >= 11 is 6.23. The first-order chi connectivity index (χ1) is 13.3. The summed E-state index contributed by atoms with van der Waals surface area (Å²) in [5.74, 6) is 1.01. The van der Waals surface area contributed by atoms with E-state index in [1.165, 1.54) is 5.56 Å². The molecule has 154 valence electrons. The summed E-state index contributed by atoms with van der Waals surface area (Å²) in [6.45, 7) is 8.56. The van der Waals surface area contributed by atoms with Crippen molar-refractivity contribution in [3.63, 3.8) is 0 Å². The van der Waals surface area contributed by atoms with Gasteiger partial charge in [0, 0.05) is 56.9 Å². The van der Waals surface area contributed by atoms with E-state index in [1.807, 2.05) is 24.3 Å². The molecule has 1 saturated heterocycles. The Hall–Kier alpha value is -1.32. The summed E-state index contributed by atoms with van der Waals surface area (Å²) in [5, 5.41) is 8.27. The minimum atomic E-state index is 0. The highest BCUT2D eigenvalue weighted by Gasteiger charge is 2.20. The van der Waals surface area contributed by atoms with Gasteiger partial charge in [0.25, 0.3) is 0 Å². The summed E-state index contributed by atoms with van der Waals surface area (Å²) in [6, 6.07) is 9.97. The third-order valence-corrected chi connectivity index (χ3v) is 5.08. The van der Waals surface area contributed by atoms with E-state index in [1.54, 1.807) is 6.26 Å². The molecule has 2 heterocycles. The molecule has 0 spiro atoms. The highest BCUT2D eigenvalue weighted by atomic mass is 127. The smallest absolute Gasteiger partial charge is 0.194 e. The quantitative estimate of drug-likeness (QED) is 0.263. The van der Waals surface area contributed by atoms with E-state index in [0.29, 0.717) is 0 Å². The molecule has 1 aliphatic heterocycles. The minimum Gasteiger partial charge on any atom is -0.364 e. The van der Waals surface area contributed by atoms with Crippen LogP contribution in [0.3, 0.4) is 0 Å². The lowest BCUT2D eigenvalue weighted by Crippen LogP contribution is -2.52. The zero-order valence-corrected chi connectivity index (χ0v) is 19.4. The average Bonchev–Trinajstić information content (AvgIpc) is 3.19. The van der Waals surface area contributed by atoms with Crippen molar-refractivity contribution in [2.75, 3.05) is 39.3 Å². The predicted molar refractivity (Wildman–Crippen MR) is 125 cm³/mol. The fourth-order valence-electron chi connectivity index (χ4n) is 3.25. The number of benzene rings is 1. The number of nitrogens with one attached hydrogen (secondary N) is 1. The van der Waals surface area contributed by atoms with E-state index in [0.717, 1.165) is 75.3 Å². The second-order valence-corrected chi connectivity index (χ2v) is 7.09. The Morgan fingerprint density at radius 3 is 2.68 bits per heavy atom. The Kier molecular flexibility index (Phi) is 10.1. The number of aliphatic imine (C=N–C) groups is 1. The van der Waals surface area contributed by atoms with Gasteiger partial charge in [0.1, 0.15) is 6.26 Å². The molecule has 1 aromatic heterocycles. The molecule has 0 unspecified atom stereocenters. The fraction of sp³-hybridized carbons (Fsp3) is 0.500. The van der Waals surface area contributed by atoms with E-state index in [9.17, 15) is 0 Å². The second kappa shape index (κ2) is 12.3. The Bertz CT molecular complexity index is 717. The molecule has 2 aromatic rings. The van der Waals surface area contributed by atoms with E-state index in [-0.39, 0.29) is 24.0 Å². The van der Waals surface area contributed by atoms with Crippen LogP contribution in [0.1, 0.15) is 24.6 Å². The minimum absolute atomic E-state index is 0. The van der Waals surface area contributed by atoms with Gasteiger partial charge in [-0.15, -0.1) is 24.0 Å². The number of hydrogen-bond donors (Lipinski definition) is 1. The molecule has 1 aliphatic rings. The molecule has 1 N–H and O–H groups in total. The fourth-order valence-corrected chi connectivity index (χ4v) is 3.48. The maximum Gasteiger partial charge on any atom is 0.194 e. The molecule has 1 aromatic carbocycles. The van der Waals surface area contributed by atoms with Crippen LogP contribution in [-0.2, 0) is 13.0 Å². The Morgan fingerprint density at radius 1 is 1.21 bits per heavy atom. The van der Waals surface area contributed by atoms with Gasteiger partial charge in [-0.05, 0) is 31.4 Å². The van der Waals surface area contributed by atoms with Gasteiger partial charge in [0.2, 0.25) is 0 Å². The van der Waals surface area contributed by atoms with Crippen LogP contribution >= 0.6 is 35.6 Å². The SMILES string of the molecule is CCNC(=NCCCc1ccccc1Cl)N1CCN(Cc2ccon2)CC1.I. The van der Waals surface area contributed by atoms with Crippen molar-refractivity contribution in [3.05, 3.63) is 52.9 Å². The molecule has 0 saturated carbocycles. The third-order valence-electron chi connectivity index (χ3n) is 4.71. The van der Waals surface area contributed by atoms with Crippen molar-refractivity contribution < 1.29 is 4.52 Å². The average molecular weight is 518 g/mol. The molecule has 8 heteroatoms. The normalized spacial score (nSPS) is 15.4. The van der Waals surface area contributed by atoms with Gasteiger partial charge in [-0.25, -0.2) is 0 Å². The van der Waals surface area contributed by atoms with Crippen LogP contribution in [-0.4, -0.2) is 60.2 Å². The van der Waals surface area contributed by atoms with E-state index in [2.05, 4.69) is 33.3 Å². The Labute approximate surface area is 189 Å². The molecule has 0 atom stereocenters. The summed E-state index contributed by atoms with van der Waals surface area (Å²) in [6.07, 6.45) is 3.57. The molecular formula is C20H29ClIN5O. The number of aryl methyl sites for hydroxylation is 1. The zero-order chi connectivity index (χ0) is 18.9. The number of nitrogens with zero attached hydrogens (tertiary/aromatic N) is 4. The summed E-state index contributed by atoms with van der Waals surface area (Å²) < 4.78 is 4.92. The molecule has 0 radical (unpaired) electrons. The van der Waals surface area contributed by atoms with E-state index >= 15 is 0 Å². The van der Waals surface area contributed by atoms with Crippen molar-refractivity contribution >= 4 is 41.5 Å². The van der Waals surface area contributed by atoms with Crippen molar-refractivity contribution in [1.29, 1.82) is 0 Å². The van der Waals surface area contributed by atoms with Gasteiger partial charge in [-0.3, -0.25) is 9.89 Å². The van der Waals surface area contributed by atoms with Gasteiger partial charge in [0.15, 0.2) is 5.96 Å². The van der Waals surface area contributed by atoms with Crippen LogP contribution in [0.5, 0.6) is 0 Å². The van der Waals surface area contributed by atoms with Gasteiger partial charge >= 0.3 is 0 Å². The van der Waals surface area contributed by atoms with Crippen molar-refractivity contribution in [1.82, 2.24) is 20.3 Å². The summed E-state index contributed by atoms with van der Waals surface area (Å²) in [5.41, 5.74) is 2.18. The number of rotatable bonds is 7. The van der Waals surface area contributed by atoms with Crippen LogP contribution in [0.25, 0.3) is 0 Å². The lowest BCUT2D eigenvalue weighted by atomic mass is 10.1. The number of piperazine rings is 1.